The highest BCUT2D eigenvalue weighted by Gasteiger charge is 2.17. The number of carbonyl (C=O) groups excluding carboxylic acids is 2. The number of pyridine rings is 2. The van der Waals surface area contributed by atoms with Gasteiger partial charge in [-0.15, -0.1) is 0 Å². The van der Waals surface area contributed by atoms with Crippen LogP contribution in [0.4, 0.5) is 0 Å². The first kappa shape index (κ1) is 25.3. The quantitative estimate of drug-likeness (QED) is 0.604. The van der Waals surface area contributed by atoms with Crippen LogP contribution in [0.5, 0.6) is 0 Å². The van der Waals surface area contributed by atoms with Gasteiger partial charge in [0.25, 0.3) is 0 Å². The van der Waals surface area contributed by atoms with Crippen LogP contribution in [0, 0.1) is 0 Å². The molecule has 0 atom stereocenters. The highest BCUT2D eigenvalue weighted by Crippen LogP contribution is 2.16. The lowest BCUT2D eigenvalue weighted by atomic mass is 10.2. The third-order valence-electron chi connectivity index (χ3n) is 5.19. The molecule has 0 spiro atoms. The lowest BCUT2D eigenvalue weighted by Gasteiger charge is -2.25. The molecule has 1 saturated heterocycles. The van der Waals surface area contributed by atoms with Crippen molar-refractivity contribution in [2.24, 2.45) is 0 Å². The van der Waals surface area contributed by atoms with Crippen molar-refractivity contribution in [1.29, 1.82) is 0 Å². The van der Waals surface area contributed by atoms with Gasteiger partial charge in [0.15, 0.2) is 0 Å². The lowest BCUT2D eigenvalue weighted by Crippen LogP contribution is -2.36. The van der Waals surface area contributed by atoms with Crippen molar-refractivity contribution in [3.05, 3.63) is 57.1 Å². The third-order valence-corrected chi connectivity index (χ3v) is 5.63. The number of hydrogen-bond donors (Lipinski definition) is 1. The molecular formula is C22H27Cl2N5O4. The maximum absolute atomic E-state index is 11.9. The van der Waals surface area contributed by atoms with Crippen molar-refractivity contribution in [3.8, 4) is 0 Å². The zero-order valence-electron chi connectivity index (χ0n) is 18.6. The van der Waals surface area contributed by atoms with E-state index in [0.29, 0.717) is 34.5 Å². The molecule has 0 aromatic carbocycles. The average molecular weight is 496 g/mol. The molecule has 9 nitrogen and oxygen atoms in total. The van der Waals surface area contributed by atoms with E-state index < -0.39 is 11.9 Å². The van der Waals surface area contributed by atoms with Gasteiger partial charge in [-0.25, -0.2) is 19.6 Å². The molecule has 1 aliphatic heterocycles. The number of methoxy groups -OCH3 is 2. The monoisotopic (exact) mass is 495 g/mol. The molecule has 2 aromatic heterocycles. The van der Waals surface area contributed by atoms with Gasteiger partial charge in [-0.2, -0.15) is 0 Å². The number of aromatic nitrogens is 2. The second kappa shape index (κ2) is 12.2. The Bertz CT molecular complexity index is 914. The van der Waals surface area contributed by atoms with Gasteiger partial charge in [-0.05, 0) is 24.3 Å². The van der Waals surface area contributed by atoms with Gasteiger partial charge in [0.1, 0.15) is 11.4 Å². The molecule has 1 aliphatic rings. The Morgan fingerprint density at radius 1 is 0.818 bits per heavy atom. The first-order chi connectivity index (χ1) is 15.9. The molecule has 1 fully saturated rings. The van der Waals surface area contributed by atoms with E-state index in [2.05, 4.69) is 25.1 Å². The molecule has 3 rings (SSSR count). The second-order valence-corrected chi connectivity index (χ2v) is 8.48. The van der Waals surface area contributed by atoms with E-state index in [9.17, 15) is 9.59 Å². The highest BCUT2D eigenvalue weighted by molar-refractivity contribution is 6.31. The summed E-state index contributed by atoms with van der Waals surface area (Å²) in [7, 11) is 2.63. The molecule has 0 bridgehead atoms. The molecule has 1 N–H and O–H groups in total. The average Bonchev–Trinajstić information content (AvgIpc) is 2.89. The van der Waals surface area contributed by atoms with E-state index in [0.717, 1.165) is 39.3 Å². The second-order valence-electron chi connectivity index (χ2n) is 7.61. The summed E-state index contributed by atoms with van der Waals surface area (Å²) < 4.78 is 9.53. The molecule has 178 valence electrons. The Hall–Kier alpha value is -2.30. The summed E-state index contributed by atoms with van der Waals surface area (Å²) in [6, 6.07) is 6.52. The summed E-state index contributed by atoms with van der Waals surface area (Å²) >= 11 is 12.4. The Kier molecular flexibility index (Phi) is 9.40. The summed E-state index contributed by atoms with van der Waals surface area (Å²) in [6.45, 7) is 5.90. The van der Waals surface area contributed by atoms with Gasteiger partial charge in [-0.1, -0.05) is 23.2 Å². The van der Waals surface area contributed by atoms with Gasteiger partial charge < -0.3 is 14.8 Å². The number of rotatable bonds is 6. The van der Waals surface area contributed by atoms with Gasteiger partial charge in [0, 0.05) is 62.4 Å². The van der Waals surface area contributed by atoms with E-state index in [1.807, 2.05) is 0 Å². The van der Waals surface area contributed by atoms with Crippen LogP contribution < -0.4 is 5.32 Å². The number of hydrogen-bond acceptors (Lipinski definition) is 9. The molecule has 0 unspecified atom stereocenters. The SMILES string of the molecule is COC(=O)c1cc(Cl)cc(CN2CCNCCN(Cc3cc(Cl)cc(C(=O)OC)n3)CC2)n1. The summed E-state index contributed by atoms with van der Waals surface area (Å²) in [5.74, 6) is -1.03. The molecule has 33 heavy (non-hydrogen) atoms. The number of esters is 2. The third kappa shape index (κ3) is 7.62. The Balaban J connectivity index is 1.69. The fraction of sp³-hybridized carbons (Fsp3) is 0.455. The summed E-state index contributed by atoms with van der Waals surface area (Å²) in [4.78, 5) is 37.0. The largest absolute Gasteiger partial charge is 0.464 e. The smallest absolute Gasteiger partial charge is 0.356 e. The van der Waals surface area contributed by atoms with Crippen LogP contribution in [0.25, 0.3) is 0 Å². The number of nitrogens with one attached hydrogen (secondary N) is 1. The van der Waals surface area contributed by atoms with Gasteiger partial charge in [-0.3, -0.25) is 9.80 Å². The molecule has 0 amide bonds. The predicted octanol–water partition coefficient (Wildman–Crippen LogP) is 2.26. The Morgan fingerprint density at radius 3 is 1.64 bits per heavy atom. The van der Waals surface area contributed by atoms with Crippen molar-refractivity contribution in [3.63, 3.8) is 0 Å². The molecule has 0 saturated carbocycles. The van der Waals surface area contributed by atoms with E-state index >= 15 is 0 Å². The van der Waals surface area contributed by atoms with Crippen LogP contribution in [0.1, 0.15) is 32.4 Å². The summed E-state index contributed by atoms with van der Waals surface area (Å²) in [5, 5.41) is 4.32. The predicted molar refractivity (Wildman–Crippen MR) is 125 cm³/mol. The van der Waals surface area contributed by atoms with E-state index in [1.54, 1.807) is 12.1 Å². The molecule has 0 radical (unpaired) electrons. The topological polar surface area (TPSA) is 96.9 Å². The molecule has 2 aromatic rings. The van der Waals surface area contributed by atoms with Crippen LogP contribution in [-0.2, 0) is 22.6 Å². The van der Waals surface area contributed by atoms with Crippen molar-refractivity contribution in [2.45, 2.75) is 13.1 Å². The standard InChI is InChI=1S/C22H27Cl2N5O4/c1-32-21(30)19-11-15(23)9-17(26-19)13-28-5-3-25-4-6-29(8-7-28)14-18-10-16(24)12-20(27-18)22(31)33-2/h9-12,25H,3-8,13-14H2,1-2H3. The van der Waals surface area contributed by atoms with Gasteiger partial charge >= 0.3 is 11.9 Å². The minimum Gasteiger partial charge on any atom is -0.464 e. The molecular weight excluding hydrogens is 469 g/mol. The maximum Gasteiger partial charge on any atom is 0.356 e. The van der Waals surface area contributed by atoms with E-state index in [-0.39, 0.29) is 11.4 Å². The van der Waals surface area contributed by atoms with Crippen LogP contribution in [0.2, 0.25) is 10.0 Å². The van der Waals surface area contributed by atoms with E-state index in [4.69, 9.17) is 32.7 Å². The van der Waals surface area contributed by atoms with Crippen LogP contribution >= 0.6 is 23.2 Å². The molecule has 3 heterocycles. The first-order valence-corrected chi connectivity index (χ1v) is 11.3. The zero-order chi connectivity index (χ0) is 23.8. The van der Waals surface area contributed by atoms with E-state index in [1.165, 1.54) is 26.4 Å². The fourth-order valence-electron chi connectivity index (χ4n) is 3.56. The zero-order valence-corrected chi connectivity index (χ0v) is 20.2. The molecule has 11 heteroatoms. The number of carbonyl (C=O) groups is 2. The highest BCUT2D eigenvalue weighted by atomic mass is 35.5. The number of ether oxygens (including phenoxy) is 2. The van der Waals surface area contributed by atoms with Gasteiger partial charge in [0.2, 0.25) is 0 Å². The van der Waals surface area contributed by atoms with Crippen molar-refractivity contribution in [1.82, 2.24) is 25.1 Å². The minimum atomic E-state index is -0.517. The van der Waals surface area contributed by atoms with Crippen molar-refractivity contribution >= 4 is 35.1 Å². The van der Waals surface area contributed by atoms with Crippen molar-refractivity contribution in [2.75, 3.05) is 53.5 Å². The van der Waals surface area contributed by atoms with Gasteiger partial charge in [0.05, 0.1) is 25.6 Å². The Morgan fingerprint density at radius 2 is 1.24 bits per heavy atom. The normalized spacial score (nSPS) is 15.9. The van der Waals surface area contributed by atoms with Crippen LogP contribution in [0.3, 0.4) is 0 Å². The number of nitrogens with zero attached hydrogens (tertiary/aromatic N) is 4. The lowest BCUT2D eigenvalue weighted by molar-refractivity contribution is 0.0584. The summed E-state index contributed by atoms with van der Waals surface area (Å²) in [5.41, 5.74) is 1.79. The fourth-order valence-corrected chi connectivity index (χ4v) is 4.02. The van der Waals surface area contributed by atoms with Crippen LogP contribution in [-0.4, -0.2) is 85.2 Å². The maximum atomic E-state index is 11.9. The Labute approximate surface area is 203 Å². The minimum absolute atomic E-state index is 0.192. The first-order valence-electron chi connectivity index (χ1n) is 10.5. The summed E-state index contributed by atoms with van der Waals surface area (Å²) in [6.07, 6.45) is 0. The van der Waals surface area contributed by atoms with Crippen LogP contribution in [0.15, 0.2) is 24.3 Å². The van der Waals surface area contributed by atoms with Crippen molar-refractivity contribution < 1.29 is 19.1 Å². The number of halogens is 2. The molecule has 0 aliphatic carbocycles.